The molecule has 8 rings (SSSR count). The number of rotatable bonds is 4. The average molecular weight is 553 g/mol. The molecule has 4 aromatic rings. The van der Waals surface area contributed by atoms with Crippen LogP contribution >= 0.6 is 11.8 Å². The summed E-state index contributed by atoms with van der Waals surface area (Å²) >= 11 is 2.12. The van der Waals surface area contributed by atoms with E-state index in [0.29, 0.717) is 16.5 Å². The fourth-order valence-electron chi connectivity index (χ4n) is 7.67. The molecule has 0 bridgehead atoms. The second kappa shape index (κ2) is 9.70. The van der Waals surface area contributed by atoms with Crippen molar-refractivity contribution in [2.24, 2.45) is 0 Å². The van der Waals surface area contributed by atoms with Crippen LogP contribution in [0.5, 0.6) is 0 Å². The summed E-state index contributed by atoms with van der Waals surface area (Å²) in [5.41, 5.74) is 17.0. The second-order valence-corrected chi connectivity index (χ2v) is 13.4. The Morgan fingerprint density at radius 2 is 1.22 bits per heavy atom. The van der Waals surface area contributed by atoms with Crippen LogP contribution in [-0.4, -0.2) is 12.6 Å². The van der Waals surface area contributed by atoms with Gasteiger partial charge in [0.05, 0.1) is 10.5 Å². The number of para-hydroxylation sites is 2. The Morgan fingerprint density at radius 3 is 1.95 bits per heavy atom. The number of benzene rings is 4. The van der Waals surface area contributed by atoms with E-state index < -0.39 is 0 Å². The van der Waals surface area contributed by atoms with Crippen molar-refractivity contribution in [3.8, 4) is 0 Å². The highest BCUT2D eigenvalue weighted by Gasteiger charge is 2.35. The van der Waals surface area contributed by atoms with Crippen LogP contribution in [0.3, 0.4) is 0 Å². The molecule has 4 aliphatic rings. The molecule has 3 unspecified atom stereocenters. The summed E-state index contributed by atoms with van der Waals surface area (Å²) in [4.78, 5) is 5.13. The summed E-state index contributed by atoms with van der Waals surface area (Å²) in [6, 6.07) is 32.3. The first kappa shape index (κ1) is 25.1. The summed E-state index contributed by atoms with van der Waals surface area (Å²) in [5.74, 6) is 0. The molecule has 4 aromatic carbocycles. The fourth-order valence-corrected chi connectivity index (χ4v) is 9.21. The van der Waals surface area contributed by atoms with Crippen molar-refractivity contribution in [2.75, 3.05) is 16.3 Å². The molecule has 2 heterocycles. The normalized spacial score (nSPS) is 22.2. The maximum absolute atomic E-state index is 2.57. The van der Waals surface area contributed by atoms with Gasteiger partial charge in [-0.3, -0.25) is 0 Å². The van der Waals surface area contributed by atoms with E-state index in [1.165, 1.54) is 80.1 Å². The van der Waals surface area contributed by atoms with Crippen LogP contribution in [0, 0.1) is 0 Å². The zero-order valence-electron chi connectivity index (χ0n) is 24.1. The lowest BCUT2D eigenvalue weighted by Crippen LogP contribution is -2.25. The van der Waals surface area contributed by atoms with Crippen molar-refractivity contribution in [1.29, 1.82) is 0 Å². The minimum atomic E-state index is 0.358. The van der Waals surface area contributed by atoms with Gasteiger partial charge in [0.1, 0.15) is 0 Å². The van der Waals surface area contributed by atoms with E-state index in [1.54, 1.807) is 0 Å². The van der Waals surface area contributed by atoms with Gasteiger partial charge in [0.15, 0.2) is 0 Å². The van der Waals surface area contributed by atoms with E-state index in [-0.39, 0.29) is 0 Å². The lowest BCUT2D eigenvalue weighted by atomic mass is 9.99. The van der Waals surface area contributed by atoms with Crippen molar-refractivity contribution >= 4 is 46.7 Å². The van der Waals surface area contributed by atoms with Crippen molar-refractivity contribution in [3.63, 3.8) is 0 Å². The van der Waals surface area contributed by atoms with Gasteiger partial charge in [-0.1, -0.05) is 84.0 Å². The predicted molar refractivity (Wildman–Crippen MR) is 177 cm³/mol. The molecule has 2 nitrogen and oxygen atoms in total. The van der Waals surface area contributed by atoms with Crippen molar-refractivity contribution in [1.82, 2.24) is 0 Å². The van der Waals surface area contributed by atoms with Gasteiger partial charge in [-0.15, -0.1) is 11.8 Å². The zero-order valence-corrected chi connectivity index (χ0v) is 24.9. The van der Waals surface area contributed by atoms with E-state index in [0.717, 1.165) is 13.0 Å². The number of thioether (sulfide) groups is 1. The highest BCUT2D eigenvalue weighted by atomic mass is 32.2. The number of hydrogen-bond donors (Lipinski definition) is 0. The molecule has 204 valence electrons. The topological polar surface area (TPSA) is 6.48 Å². The Labute approximate surface area is 248 Å². The first-order valence-corrected chi connectivity index (χ1v) is 16.0. The number of fused-ring (bicyclic) bond motifs is 4. The van der Waals surface area contributed by atoms with E-state index in [2.05, 4.69) is 139 Å². The molecule has 2 aliphatic heterocycles. The minimum absolute atomic E-state index is 0.358. The van der Waals surface area contributed by atoms with Crippen LogP contribution in [0.25, 0.3) is 12.2 Å². The molecule has 3 heteroatoms. The Hall–Kier alpha value is -3.69. The molecule has 2 aliphatic carbocycles. The summed E-state index contributed by atoms with van der Waals surface area (Å²) in [6.45, 7) is 8.11. The maximum atomic E-state index is 2.57. The van der Waals surface area contributed by atoms with Crippen molar-refractivity contribution < 1.29 is 0 Å². The monoisotopic (exact) mass is 552 g/mol. The Balaban J connectivity index is 1.14. The molecule has 0 saturated carbocycles. The van der Waals surface area contributed by atoms with Crippen LogP contribution in [0.2, 0.25) is 0 Å². The standard InChI is InChI=1S/C38H36N2S/c1-24-21-31-29(14-8-18-35(31)39-20-10-13-27-11-4-6-16-33(27)39)37(24)41-38-25(2)22-32-30(38)15-9-19-36(32)40-26(3)23-28-12-5-7-17-34(28)40/h4-9,11-12,14-19,21-22,26,37-38H,10,13,20,23H2,1-3H3. The van der Waals surface area contributed by atoms with Gasteiger partial charge in [-0.05, 0) is 86.6 Å². The van der Waals surface area contributed by atoms with Crippen molar-refractivity contribution in [3.05, 3.63) is 129 Å². The van der Waals surface area contributed by atoms with E-state index in [9.17, 15) is 0 Å². The highest BCUT2D eigenvalue weighted by Crippen LogP contribution is 2.57. The Kier molecular flexibility index (Phi) is 5.93. The van der Waals surface area contributed by atoms with Crippen LogP contribution in [0.15, 0.2) is 96.1 Å². The molecule has 0 fully saturated rings. The van der Waals surface area contributed by atoms with Gasteiger partial charge < -0.3 is 9.80 Å². The van der Waals surface area contributed by atoms with Crippen LogP contribution in [-0.2, 0) is 12.8 Å². The second-order valence-electron chi connectivity index (χ2n) is 12.2. The number of nitrogens with zero attached hydrogens (tertiary/aromatic N) is 2. The summed E-state index contributed by atoms with van der Waals surface area (Å²) in [7, 11) is 0. The van der Waals surface area contributed by atoms with Crippen LogP contribution < -0.4 is 9.80 Å². The third kappa shape index (κ3) is 3.93. The minimum Gasteiger partial charge on any atom is -0.341 e. The van der Waals surface area contributed by atoms with E-state index in [1.807, 2.05) is 0 Å². The van der Waals surface area contributed by atoms with E-state index >= 15 is 0 Å². The van der Waals surface area contributed by atoms with E-state index in [4.69, 9.17) is 0 Å². The average Bonchev–Trinajstić information content (AvgIpc) is 3.62. The molecule has 0 spiro atoms. The Bertz CT molecular complexity index is 1750. The molecule has 0 saturated heterocycles. The first-order valence-electron chi connectivity index (χ1n) is 15.1. The number of hydrogen-bond acceptors (Lipinski definition) is 3. The van der Waals surface area contributed by atoms with Crippen molar-refractivity contribution in [2.45, 2.75) is 56.6 Å². The van der Waals surface area contributed by atoms with Gasteiger partial charge in [0.2, 0.25) is 0 Å². The maximum Gasteiger partial charge on any atom is 0.0523 e. The lowest BCUT2D eigenvalue weighted by molar-refractivity contribution is 0.758. The van der Waals surface area contributed by atoms with Gasteiger partial charge in [-0.25, -0.2) is 0 Å². The lowest BCUT2D eigenvalue weighted by Gasteiger charge is -2.33. The predicted octanol–water partition coefficient (Wildman–Crippen LogP) is 10.2. The summed E-state index contributed by atoms with van der Waals surface area (Å²) < 4.78 is 0. The fraction of sp³-hybridized carbons (Fsp3) is 0.263. The molecule has 0 N–H and O–H groups in total. The van der Waals surface area contributed by atoms with Crippen LogP contribution in [0.1, 0.15) is 71.1 Å². The van der Waals surface area contributed by atoms with Crippen LogP contribution in [0.4, 0.5) is 22.7 Å². The third-order valence-corrected chi connectivity index (χ3v) is 11.3. The number of anilines is 4. The number of aryl methyl sites for hydroxylation is 1. The van der Waals surface area contributed by atoms with Gasteiger partial charge in [-0.2, -0.15) is 0 Å². The molecule has 0 amide bonds. The summed E-state index contributed by atoms with van der Waals surface area (Å²) in [6.07, 6.45) is 8.41. The quantitative estimate of drug-likeness (QED) is 0.249. The Morgan fingerprint density at radius 1 is 0.634 bits per heavy atom. The first-order chi connectivity index (χ1) is 20.1. The molecule has 41 heavy (non-hydrogen) atoms. The molecule has 0 aromatic heterocycles. The SMILES string of the molecule is CC1=Cc2c(cccc2N2CCCc3ccccc32)C1SC1C(C)=Cc2c1cccc2N1c2ccccc2CC1C. The highest BCUT2D eigenvalue weighted by molar-refractivity contribution is 8.00. The zero-order chi connectivity index (χ0) is 27.7. The summed E-state index contributed by atoms with van der Waals surface area (Å²) in [5, 5.41) is 0.719. The van der Waals surface area contributed by atoms with Gasteiger partial charge in [0, 0.05) is 46.5 Å². The smallest absolute Gasteiger partial charge is 0.0523 e. The van der Waals surface area contributed by atoms with Gasteiger partial charge in [0.25, 0.3) is 0 Å². The van der Waals surface area contributed by atoms with Gasteiger partial charge >= 0.3 is 0 Å². The largest absolute Gasteiger partial charge is 0.341 e. The third-order valence-electron chi connectivity index (χ3n) is 9.51. The molecular weight excluding hydrogens is 516 g/mol. The molecular formula is C38H36N2S. The molecule has 3 atom stereocenters. The molecule has 0 radical (unpaired) electrons.